The van der Waals surface area contributed by atoms with E-state index >= 15 is 0 Å². The lowest BCUT2D eigenvalue weighted by molar-refractivity contribution is 0.0991. The number of benzene rings is 1. The molecule has 0 aliphatic rings. The Balaban J connectivity index is 2.29. The van der Waals surface area contributed by atoms with Gasteiger partial charge in [0.25, 0.3) is 0 Å². The van der Waals surface area contributed by atoms with Crippen LogP contribution in [-0.4, -0.2) is 10.8 Å². The number of nitrogen functional groups attached to an aromatic ring is 1. The van der Waals surface area contributed by atoms with Crippen molar-refractivity contribution in [3.63, 3.8) is 0 Å². The molecule has 0 fully saturated rings. The van der Waals surface area contributed by atoms with Crippen LogP contribution in [0.3, 0.4) is 0 Å². The van der Waals surface area contributed by atoms with E-state index < -0.39 is 4.83 Å². The normalized spacial score (nSPS) is 12.1. The molecule has 1 aromatic heterocycles. The monoisotopic (exact) mass is 368 g/mol. The van der Waals surface area contributed by atoms with Crippen LogP contribution in [0, 0.1) is 0 Å². The molecule has 0 aliphatic heterocycles. The van der Waals surface area contributed by atoms with E-state index in [0.29, 0.717) is 11.4 Å². The van der Waals surface area contributed by atoms with Crippen LogP contribution in [0.5, 0.6) is 0 Å². The molecular weight excluding hydrogens is 360 g/mol. The number of hydrogen-bond donors (Lipinski definition) is 1. The third-order valence-corrected chi connectivity index (χ3v) is 3.87. The lowest BCUT2D eigenvalue weighted by atomic mass is 10.0. The van der Waals surface area contributed by atoms with Crippen molar-refractivity contribution in [3.05, 3.63) is 58.2 Å². The molecule has 2 aromatic rings. The van der Waals surface area contributed by atoms with Crippen molar-refractivity contribution < 1.29 is 4.79 Å². The molecule has 5 heteroatoms. The second-order valence-corrected chi connectivity index (χ2v) is 5.58. The number of anilines is 1. The minimum Gasteiger partial charge on any atom is -0.384 e. The highest BCUT2D eigenvalue weighted by Crippen LogP contribution is 2.28. The topological polar surface area (TPSA) is 56.0 Å². The zero-order valence-electron chi connectivity index (χ0n) is 9.31. The van der Waals surface area contributed by atoms with Gasteiger partial charge in [0.05, 0.1) is 0 Å². The average molecular weight is 370 g/mol. The Kier molecular flexibility index (Phi) is 4.14. The van der Waals surface area contributed by atoms with Crippen molar-refractivity contribution in [1.82, 2.24) is 4.98 Å². The van der Waals surface area contributed by atoms with Gasteiger partial charge < -0.3 is 5.73 Å². The number of nitrogens with zero attached hydrogens (tertiary/aromatic N) is 1. The van der Waals surface area contributed by atoms with E-state index in [1.165, 1.54) is 0 Å². The second kappa shape index (κ2) is 5.63. The lowest BCUT2D eigenvalue weighted by Crippen LogP contribution is -2.07. The first kappa shape index (κ1) is 13.2. The van der Waals surface area contributed by atoms with E-state index in [2.05, 4.69) is 36.8 Å². The average Bonchev–Trinajstić information content (AvgIpc) is 2.37. The summed E-state index contributed by atoms with van der Waals surface area (Å²) in [5.41, 5.74) is 7.05. The Morgan fingerprint density at radius 1 is 1.28 bits per heavy atom. The molecule has 0 saturated heterocycles. The van der Waals surface area contributed by atoms with Crippen LogP contribution in [-0.2, 0) is 0 Å². The fraction of sp³-hybridized carbons (Fsp3) is 0.0769. The molecule has 0 aliphatic carbocycles. The number of carbonyl (C=O) groups is 1. The number of Topliss-reactive ketones (excluding diaryl/α,β-unsaturated/α-hetero) is 1. The first-order valence-corrected chi connectivity index (χ1v) is 6.94. The zero-order valence-corrected chi connectivity index (χ0v) is 12.5. The maximum atomic E-state index is 12.3. The van der Waals surface area contributed by atoms with Gasteiger partial charge in [-0.15, -0.1) is 0 Å². The van der Waals surface area contributed by atoms with E-state index in [-0.39, 0.29) is 5.78 Å². The summed E-state index contributed by atoms with van der Waals surface area (Å²) >= 11 is 6.75. The highest BCUT2D eigenvalue weighted by Gasteiger charge is 2.19. The molecule has 1 unspecified atom stereocenters. The van der Waals surface area contributed by atoms with Gasteiger partial charge in [0.2, 0.25) is 0 Å². The Morgan fingerprint density at radius 2 is 2.06 bits per heavy atom. The maximum absolute atomic E-state index is 12.3. The Morgan fingerprint density at radius 3 is 2.72 bits per heavy atom. The largest absolute Gasteiger partial charge is 0.384 e. The molecule has 92 valence electrons. The summed E-state index contributed by atoms with van der Waals surface area (Å²) in [4.78, 5) is 15.8. The maximum Gasteiger partial charge on any atom is 0.180 e. The first-order valence-electron chi connectivity index (χ1n) is 5.23. The minimum absolute atomic E-state index is 0.0121. The van der Waals surface area contributed by atoms with Gasteiger partial charge in [0, 0.05) is 16.2 Å². The molecule has 0 radical (unpaired) electrons. The van der Waals surface area contributed by atoms with E-state index in [4.69, 9.17) is 5.73 Å². The molecule has 3 nitrogen and oxygen atoms in total. The van der Waals surface area contributed by atoms with Crippen LogP contribution in [0.1, 0.15) is 20.7 Å². The first-order chi connectivity index (χ1) is 8.58. The number of pyridine rings is 1. The Bertz CT molecular complexity index is 587. The Hall–Kier alpha value is -1.20. The smallest absolute Gasteiger partial charge is 0.180 e. The second-order valence-electron chi connectivity index (χ2n) is 3.75. The molecule has 0 spiro atoms. The van der Waals surface area contributed by atoms with Crippen LogP contribution in [0.15, 0.2) is 47.1 Å². The number of halogens is 2. The van der Waals surface area contributed by atoms with Crippen LogP contribution in [0.4, 0.5) is 5.82 Å². The third kappa shape index (κ3) is 2.97. The van der Waals surface area contributed by atoms with E-state index in [0.717, 1.165) is 10.0 Å². The van der Waals surface area contributed by atoms with Gasteiger partial charge in [-0.3, -0.25) is 4.79 Å². The number of ketones is 1. The van der Waals surface area contributed by atoms with E-state index in [1.807, 2.05) is 12.1 Å². The number of nitrogens with two attached hydrogens (primary N) is 1. The summed E-state index contributed by atoms with van der Waals surface area (Å²) in [6.07, 6.45) is 1.59. The van der Waals surface area contributed by atoms with E-state index in [9.17, 15) is 4.79 Å². The van der Waals surface area contributed by atoms with Crippen LogP contribution >= 0.6 is 31.9 Å². The van der Waals surface area contributed by atoms with Gasteiger partial charge in [-0.25, -0.2) is 4.98 Å². The quantitative estimate of drug-likeness (QED) is 0.662. The molecule has 2 N–H and O–H groups in total. The summed E-state index contributed by atoms with van der Waals surface area (Å²) in [6.45, 7) is 0. The van der Waals surface area contributed by atoms with Crippen molar-refractivity contribution in [2.45, 2.75) is 4.83 Å². The molecule has 18 heavy (non-hydrogen) atoms. The van der Waals surface area contributed by atoms with Crippen LogP contribution in [0.25, 0.3) is 0 Å². The molecule has 0 saturated carbocycles. The summed E-state index contributed by atoms with van der Waals surface area (Å²) in [6, 6.07) is 10.7. The number of rotatable bonds is 3. The highest BCUT2D eigenvalue weighted by atomic mass is 79.9. The number of hydrogen-bond acceptors (Lipinski definition) is 3. The van der Waals surface area contributed by atoms with Crippen molar-refractivity contribution >= 4 is 43.5 Å². The highest BCUT2D eigenvalue weighted by molar-refractivity contribution is 9.10. The zero-order chi connectivity index (χ0) is 13.1. The van der Waals surface area contributed by atoms with Crippen molar-refractivity contribution in [1.29, 1.82) is 0 Å². The number of carbonyl (C=O) groups excluding carboxylic acids is 1. The summed E-state index contributed by atoms with van der Waals surface area (Å²) in [5.74, 6) is 0.390. The van der Waals surface area contributed by atoms with Crippen molar-refractivity contribution in [2.75, 3.05) is 5.73 Å². The SMILES string of the molecule is Nc1cc(C(Br)C(=O)c2cccc(Br)c2)ccn1. The minimum atomic E-state index is -0.419. The number of alkyl halides is 1. The summed E-state index contributed by atoms with van der Waals surface area (Å²) < 4.78 is 0.877. The summed E-state index contributed by atoms with van der Waals surface area (Å²) in [5, 5.41) is 0. The van der Waals surface area contributed by atoms with Gasteiger partial charge in [-0.05, 0) is 29.8 Å². The molecule has 2 rings (SSSR count). The van der Waals surface area contributed by atoms with Gasteiger partial charge >= 0.3 is 0 Å². The van der Waals surface area contributed by atoms with Crippen LogP contribution in [0.2, 0.25) is 0 Å². The lowest BCUT2D eigenvalue weighted by Gasteiger charge is -2.09. The molecule has 1 atom stereocenters. The van der Waals surface area contributed by atoms with E-state index in [1.54, 1.807) is 30.5 Å². The fourth-order valence-corrected chi connectivity index (χ4v) is 2.51. The molecule has 0 bridgehead atoms. The molecule has 1 heterocycles. The van der Waals surface area contributed by atoms with Gasteiger partial charge in [0.1, 0.15) is 10.6 Å². The molecule has 1 aromatic carbocycles. The Labute approximate surface area is 122 Å². The standard InChI is InChI=1S/C13H10Br2N2O/c14-10-3-1-2-9(6-10)13(18)12(15)8-4-5-17-11(16)7-8/h1-7,12H,(H2,16,17). The third-order valence-electron chi connectivity index (χ3n) is 2.44. The predicted molar refractivity (Wildman–Crippen MR) is 78.8 cm³/mol. The van der Waals surface area contributed by atoms with Gasteiger partial charge in [0.15, 0.2) is 5.78 Å². The van der Waals surface area contributed by atoms with Crippen molar-refractivity contribution in [2.24, 2.45) is 0 Å². The summed E-state index contributed by atoms with van der Waals surface area (Å²) in [7, 11) is 0. The molecule has 0 amide bonds. The van der Waals surface area contributed by atoms with Gasteiger partial charge in [-0.2, -0.15) is 0 Å². The number of aromatic nitrogens is 1. The molecular formula is C13H10Br2N2O. The van der Waals surface area contributed by atoms with Crippen molar-refractivity contribution in [3.8, 4) is 0 Å². The fourth-order valence-electron chi connectivity index (χ4n) is 1.56. The predicted octanol–water partition coefficient (Wildman–Crippen LogP) is 3.75. The van der Waals surface area contributed by atoms with Crippen LogP contribution < -0.4 is 5.73 Å². The van der Waals surface area contributed by atoms with Gasteiger partial charge in [-0.1, -0.05) is 44.0 Å².